The number of nitrogens with zero attached hydrogens (tertiary/aromatic N) is 1. The molecule has 2 rings (SSSR count). The van der Waals surface area contributed by atoms with Crippen LogP contribution in [0.3, 0.4) is 0 Å². The molecule has 7 heteroatoms. The third kappa shape index (κ3) is 3.34. The summed E-state index contributed by atoms with van der Waals surface area (Å²) >= 11 is 0. The molecule has 0 fully saturated rings. The molecule has 0 aliphatic heterocycles. The van der Waals surface area contributed by atoms with Crippen LogP contribution < -0.4 is 5.32 Å². The van der Waals surface area contributed by atoms with Crippen LogP contribution in [-0.2, 0) is 9.05 Å². The number of halogens is 1. The molecule has 1 N–H and O–H groups in total. The minimum atomic E-state index is -3.77. The van der Waals surface area contributed by atoms with Crippen molar-refractivity contribution >= 4 is 31.3 Å². The molecular formula is C13H11ClN2O3S. The molecule has 0 radical (unpaired) electrons. The normalized spacial score (nSPS) is 11.1. The summed E-state index contributed by atoms with van der Waals surface area (Å²) in [5, 5.41) is 2.70. The predicted molar refractivity (Wildman–Crippen MR) is 76.4 cm³/mol. The molecule has 0 aliphatic rings. The van der Waals surface area contributed by atoms with E-state index in [0.29, 0.717) is 16.8 Å². The van der Waals surface area contributed by atoms with E-state index in [1.165, 1.54) is 30.6 Å². The Bertz CT molecular complexity index is 745. The third-order valence-corrected chi connectivity index (χ3v) is 4.02. The van der Waals surface area contributed by atoms with Crippen LogP contribution in [0, 0.1) is 6.92 Å². The fourth-order valence-corrected chi connectivity index (χ4v) is 2.46. The number of benzene rings is 1. The van der Waals surface area contributed by atoms with Gasteiger partial charge in [-0.25, -0.2) is 8.42 Å². The number of nitrogens with one attached hydrogen (secondary N) is 1. The average molecular weight is 311 g/mol. The number of pyridine rings is 1. The number of rotatable bonds is 3. The molecule has 0 atom stereocenters. The molecule has 0 saturated carbocycles. The molecular weight excluding hydrogens is 300 g/mol. The van der Waals surface area contributed by atoms with Gasteiger partial charge < -0.3 is 5.32 Å². The lowest BCUT2D eigenvalue weighted by Gasteiger charge is -2.09. The SMILES string of the molecule is Cc1cc(S(=O)(=O)Cl)ccc1NC(=O)c1ccncc1. The summed E-state index contributed by atoms with van der Waals surface area (Å²) in [7, 11) is 1.49. The van der Waals surface area contributed by atoms with Crippen molar-refractivity contribution in [2.45, 2.75) is 11.8 Å². The summed E-state index contributed by atoms with van der Waals surface area (Å²) in [5.74, 6) is -0.294. The number of hydrogen-bond donors (Lipinski definition) is 1. The van der Waals surface area contributed by atoms with Gasteiger partial charge in [0.2, 0.25) is 0 Å². The lowest BCUT2D eigenvalue weighted by molar-refractivity contribution is 0.102. The first-order chi connectivity index (χ1) is 9.38. The number of carbonyl (C=O) groups is 1. The maximum Gasteiger partial charge on any atom is 0.261 e. The van der Waals surface area contributed by atoms with E-state index in [1.54, 1.807) is 19.1 Å². The lowest BCUT2D eigenvalue weighted by atomic mass is 10.2. The largest absolute Gasteiger partial charge is 0.322 e. The van der Waals surface area contributed by atoms with Crippen LogP contribution in [0.4, 0.5) is 5.69 Å². The fourth-order valence-electron chi connectivity index (χ4n) is 1.63. The first kappa shape index (κ1) is 14.5. The van der Waals surface area contributed by atoms with Crippen LogP contribution in [0.15, 0.2) is 47.6 Å². The van der Waals surface area contributed by atoms with Crippen molar-refractivity contribution in [1.29, 1.82) is 0 Å². The lowest BCUT2D eigenvalue weighted by Crippen LogP contribution is -2.12. The Kier molecular flexibility index (Phi) is 4.06. The topological polar surface area (TPSA) is 76.1 Å². The summed E-state index contributed by atoms with van der Waals surface area (Å²) in [6.07, 6.45) is 3.04. The van der Waals surface area contributed by atoms with E-state index < -0.39 is 9.05 Å². The van der Waals surface area contributed by atoms with Crippen LogP contribution in [0.5, 0.6) is 0 Å². The highest BCUT2D eigenvalue weighted by Gasteiger charge is 2.13. The van der Waals surface area contributed by atoms with Crippen LogP contribution >= 0.6 is 10.7 Å². The number of carbonyl (C=O) groups excluding carboxylic acids is 1. The van der Waals surface area contributed by atoms with Gasteiger partial charge in [-0.15, -0.1) is 0 Å². The number of hydrogen-bond acceptors (Lipinski definition) is 4. The predicted octanol–water partition coefficient (Wildman–Crippen LogP) is 2.57. The molecule has 0 bridgehead atoms. The van der Waals surface area contributed by atoms with E-state index in [0.717, 1.165) is 0 Å². The van der Waals surface area contributed by atoms with Gasteiger partial charge >= 0.3 is 0 Å². The number of anilines is 1. The van der Waals surface area contributed by atoms with Gasteiger partial charge in [0, 0.05) is 34.3 Å². The Morgan fingerprint density at radius 3 is 2.40 bits per heavy atom. The second-order valence-corrected chi connectivity index (χ2v) is 6.67. The van der Waals surface area contributed by atoms with Crippen LogP contribution in [0.1, 0.15) is 15.9 Å². The zero-order valence-electron chi connectivity index (χ0n) is 10.5. The third-order valence-electron chi connectivity index (χ3n) is 2.67. The van der Waals surface area contributed by atoms with E-state index in [1.807, 2.05) is 0 Å². The van der Waals surface area contributed by atoms with E-state index in [-0.39, 0.29) is 10.8 Å². The second-order valence-electron chi connectivity index (χ2n) is 4.10. The highest BCUT2D eigenvalue weighted by Crippen LogP contribution is 2.22. The van der Waals surface area contributed by atoms with E-state index in [4.69, 9.17) is 10.7 Å². The van der Waals surface area contributed by atoms with Crippen molar-refractivity contribution in [2.24, 2.45) is 0 Å². The number of amides is 1. The summed E-state index contributed by atoms with van der Waals surface area (Å²) in [5.41, 5.74) is 1.60. The van der Waals surface area contributed by atoms with E-state index in [9.17, 15) is 13.2 Å². The van der Waals surface area contributed by atoms with Crippen LogP contribution in [-0.4, -0.2) is 19.3 Å². The minimum absolute atomic E-state index is 0.00132. The highest BCUT2D eigenvalue weighted by molar-refractivity contribution is 8.13. The zero-order valence-corrected chi connectivity index (χ0v) is 12.1. The molecule has 0 unspecified atom stereocenters. The maximum atomic E-state index is 12.0. The second kappa shape index (κ2) is 5.60. The highest BCUT2D eigenvalue weighted by atomic mass is 35.7. The van der Waals surface area contributed by atoms with Crippen molar-refractivity contribution in [3.63, 3.8) is 0 Å². The van der Waals surface area contributed by atoms with Gasteiger partial charge in [0.15, 0.2) is 0 Å². The molecule has 1 amide bonds. The summed E-state index contributed by atoms with van der Waals surface area (Å²) in [4.78, 5) is 15.8. The van der Waals surface area contributed by atoms with Crippen molar-refractivity contribution in [3.05, 3.63) is 53.9 Å². The van der Waals surface area contributed by atoms with Gasteiger partial charge in [0.05, 0.1) is 4.90 Å². The van der Waals surface area contributed by atoms with Gasteiger partial charge in [0.1, 0.15) is 0 Å². The molecule has 0 aliphatic carbocycles. The maximum absolute atomic E-state index is 12.0. The Morgan fingerprint density at radius 1 is 1.20 bits per heavy atom. The van der Waals surface area contributed by atoms with Crippen molar-refractivity contribution in [3.8, 4) is 0 Å². The molecule has 0 spiro atoms. The monoisotopic (exact) mass is 310 g/mol. The number of aryl methyl sites for hydroxylation is 1. The van der Waals surface area contributed by atoms with Gasteiger partial charge in [0.25, 0.3) is 15.0 Å². The zero-order chi connectivity index (χ0) is 14.8. The summed E-state index contributed by atoms with van der Waals surface area (Å²) in [6.45, 7) is 1.69. The molecule has 5 nitrogen and oxygen atoms in total. The van der Waals surface area contributed by atoms with Crippen molar-refractivity contribution in [2.75, 3.05) is 5.32 Å². The van der Waals surface area contributed by atoms with Crippen LogP contribution in [0.25, 0.3) is 0 Å². The number of aromatic nitrogens is 1. The van der Waals surface area contributed by atoms with Gasteiger partial charge in [-0.2, -0.15) is 0 Å². The standard InChI is InChI=1S/C13H11ClN2O3S/c1-9-8-11(20(14,18)19)2-3-12(9)16-13(17)10-4-6-15-7-5-10/h2-8H,1H3,(H,16,17). The molecule has 20 heavy (non-hydrogen) atoms. The first-order valence-corrected chi connectivity index (χ1v) is 7.95. The van der Waals surface area contributed by atoms with Gasteiger partial charge in [-0.3, -0.25) is 9.78 Å². The molecule has 2 aromatic rings. The van der Waals surface area contributed by atoms with Gasteiger partial charge in [-0.05, 0) is 42.8 Å². The van der Waals surface area contributed by atoms with Gasteiger partial charge in [-0.1, -0.05) is 0 Å². The molecule has 1 heterocycles. The molecule has 1 aromatic heterocycles. The summed E-state index contributed by atoms with van der Waals surface area (Å²) in [6, 6.07) is 7.43. The Hall–Kier alpha value is -1.92. The van der Waals surface area contributed by atoms with E-state index >= 15 is 0 Å². The van der Waals surface area contributed by atoms with E-state index in [2.05, 4.69) is 10.3 Å². The Labute approximate surface area is 121 Å². The first-order valence-electron chi connectivity index (χ1n) is 5.64. The quantitative estimate of drug-likeness (QED) is 0.884. The Balaban J connectivity index is 2.25. The Morgan fingerprint density at radius 2 is 1.85 bits per heavy atom. The molecule has 0 saturated heterocycles. The fraction of sp³-hybridized carbons (Fsp3) is 0.0769. The molecule has 104 valence electrons. The average Bonchev–Trinajstić information content (AvgIpc) is 2.41. The van der Waals surface area contributed by atoms with Crippen LogP contribution in [0.2, 0.25) is 0 Å². The smallest absolute Gasteiger partial charge is 0.261 e. The summed E-state index contributed by atoms with van der Waals surface area (Å²) < 4.78 is 22.4. The van der Waals surface area contributed by atoms with Crippen molar-refractivity contribution in [1.82, 2.24) is 4.98 Å². The van der Waals surface area contributed by atoms with Crippen molar-refractivity contribution < 1.29 is 13.2 Å². The minimum Gasteiger partial charge on any atom is -0.322 e. The molecule has 1 aromatic carbocycles.